The Bertz CT molecular complexity index is 3540. The molecule has 19 heteroatoms. The number of nitrogens with one attached hydrogen (secondary N) is 2. The van der Waals surface area contributed by atoms with E-state index in [0.29, 0.717) is 71.5 Å². The van der Waals surface area contributed by atoms with Gasteiger partial charge in [0.25, 0.3) is 5.91 Å². The second kappa shape index (κ2) is 16.2. The Morgan fingerprint density at radius 2 is 1.71 bits per heavy atom. The van der Waals surface area contributed by atoms with E-state index in [1.807, 2.05) is 23.6 Å². The van der Waals surface area contributed by atoms with Crippen LogP contribution in [0.2, 0.25) is 0 Å². The molecule has 3 aromatic carbocycles. The minimum Gasteiger partial charge on any atom is -0.385 e. The van der Waals surface area contributed by atoms with Gasteiger partial charge in [-0.3, -0.25) is 23.4 Å². The van der Waals surface area contributed by atoms with Gasteiger partial charge in [0, 0.05) is 67.1 Å². The van der Waals surface area contributed by atoms with Crippen LogP contribution in [0.25, 0.3) is 28.1 Å². The minimum absolute atomic E-state index is 0.0000205. The van der Waals surface area contributed by atoms with Crippen molar-refractivity contribution in [2.24, 2.45) is 15.7 Å². The van der Waals surface area contributed by atoms with Gasteiger partial charge in [0.1, 0.15) is 22.9 Å². The van der Waals surface area contributed by atoms with Gasteiger partial charge in [0.2, 0.25) is 0 Å². The van der Waals surface area contributed by atoms with Gasteiger partial charge < -0.3 is 19.5 Å². The SMILES string of the molecule is CN=[S@](=O)(c1ccc(-n2ccn(-c3c4c(nn3-c3cc(C)c(F)c(C)c3)CCN(C(=O)c3cc5cc([C@H]6COCC(C)(C)C6)ccc5n3[C@@]3(c5noc(=O)[nH]5)C[C@@H]3C)[C@H]4C)c2=O)c(F)c1NC)C1CC1. The zero-order valence-electron chi connectivity index (χ0n) is 40.4. The Labute approximate surface area is 402 Å². The molecule has 3 fully saturated rings. The van der Waals surface area contributed by atoms with Gasteiger partial charge in [0.05, 0.1) is 56.6 Å². The molecule has 0 radical (unpaired) electrons. The van der Waals surface area contributed by atoms with Crippen molar-refractivity contribution in [3.63, 3.8) is 0 Å². The molecule has 1 saturated heterocycles. The van der Waals surface area contributed by atoms with Crippen LogP contribution in [0.15, 0.2) is 84.3 Å². The molecular formula is C51H56F2N10O6S. The van der Waals surface area contributed by atoms with E-state index >= 15 is 13.6 Å². The molecule has 11 rings (SSSR count). The molecular weight excluding hydrogens is 919 g/mol. The molecule has 2 aliphatic carbocycles. The summed E-state index contributed by atoms with van der Waals surface area (Å²) >= 11 is 0. The average molecular weight is 975 g/mol. The fourth-order valence-electron chi connectivity index (χ4n) is 11.4. The van der Waals surface area contributed by atoms with E-state index < -0.39 is 38.6 Å². The Balaban J connectivity index is 1.05. The lowest BCUT2D eigenvalue weighted by molar-refractivity contribution is -0.00187. The molecule has 2 saturated carbocycles. The van der Waals surface area contributed by atoms with Crippen molar-refractivity contribution in [3.05, 3.63) is 133 Å². The Morgan fingerprint density at radius 1 is 0.986 bits per heavy atom. The number of anilines is 1. The molecule has 0 spiro atoms. The van der Waals surface area contributed by atoms with Crippen LogP contribution in [0.5, 0.6) is 0 Å². The second-order valence-electron chi connectivity index (χ2n) is 20.4. The summed E-state index contributed by atoms with van der Waals surface area (Å²) in [6.07, 6.45) is 6.27. The van der Waals surface area contributed by atoms with Gasteiger partial charge in [-0.1, -0.05) is 32.0 Å². The molecule has 7 aromatic rings. The molecule has 16 nitrogen and oxygen atoms in total. The number of H-pyrrole nitrogens is 1. The lowest BCUT2D eigenvalue weighted by Crippen LogP contribution is -2.41. The van der Waals surface area contributed by atoms with Gasteiger partial charge in [-0.05, 0) is 117 Å². The third-order valence-corrected chi connectivity index (χ3v) is 18.1. The highest BCUT2D eigenvalue weighted by molar-refractivity contribution is 7.94. The lowest BCUT2D eigenvalue weighted by Gasteiger charge is -2.35. The fraction of sp³-hybridized carbons (Fsp3) is 0.431. The van der Waals surface area contributed by atoms with Crippen LogP contribution in [0.1, 0.15) is 110 Å². The van der Waals surface area contributed by atoms with Crippen LogP contribution in [0, 0.1) is 36.8 Å². The van der Waals surface area contributed by atoms with E-state index in [4.69, 9.17) is 14.4 Å². The number of fused-ring (bicyclic) bond motifs is 2. The van der Waals surface area contributed by atoms with Crippen molar-refractivity contribution < 1.29 is 27.0 Å². The zero-order valence-corrected chi connectivity index (χ0v) is 41.2. The number of aryl methyl sites for hydroxylation is 2. The standard InChI is InChI=1S/C51H56F2N10O6S/c1-27-19-34(20-28(2)42(27)52)63-45(61-18-17-60(49(61)66)38-13-14-40(44(54-7)43(38)53)70(67,55-8)35-10-11-35)41-30(4)59(16-15-36(41)57-63)46(64)39-22-32-21-31(33-24-50(5,6)26-68-25-33)9-12-37(32)62(39)51(23-29(51)3)47-56-48(65)69-58-47/h9,12-14,17-22,29-30,33,35,54H,10-11,15-16,23-26H2,1-8H3,(H,56,58,65)/t29-,30-,33+,51-,70+/m0/s1. The van der Waals surface area contributed by atoms with E-state index in [1.165, 1.54) is 34.6 Å². The number of hydrogen-bond acceptors (Lipinski definition) is 10. The summed E-state index contributed by atoms with van der Waals surface area (Å²) in [5.74, 6) is -1.34. The highest BCUT2D eigenvalue weighted by atomic mass is 32.2. The molecule has 366 valence electrons. The first kappa shape index (κ1) is 45.8. The van der Waals surface area contributed by atoms with Gasteiger partial charge in [0.15, 0.2) is 11.6 Å². The lowest BCUT2D eigenvalue weighted by atomic mass is 9.79. The van der Waals surface area contributed by atoms with Gasteiger partial charge >= 0.3 is 11.4 Å². The van der Waals surface area contributed by atoms with Crippen molar-refractivity contribution in [2.75, 3.05) is 39.2 Å². The molecule has 4 aromatic heterocycles. The van der Waals surface area contributed by atoms with Gasteiger partial charge in [-0.15, -0.1) is 0 Å². The Kier molecular flexibility index (Phi) is 10.6. The largest absolute Gasteiger partial charge is 0.438 e. The third kappa shape index (κ3) is 6.96. The number of carbonyl (C=O) groups excluding carboxylic acids is 1. The normalized spacial score (nSPS) is 22.8. The van der Waals surface area contributed by atoms with E-state index in [9.17, 15) is 13.8 Å². The number of amides is 1. The van der Waals surface area contributed by atoms with Crippen LogP contribution in [-0.4, -0.2) is 87.7 Å². The summed E-state index contributed by atoms with van der Waals surface area (Å²) in [6, 6.07) is 13.8. The maximum Gasteiger partial charge on any atom is 0.438 e. The number of aromatic amines is 1. The number of carbonyl (C=O) groups is 1. The van der Waals surface area contributed by atoms with Crippen molar-refractivity contribution in [1.29, 1.82) is 0 Å². The zero-order chi connectivity index (χ0) is 49.3. The smallest absolute Gasteiger partial charge is 0.385 e. The quantitative estimate of drug-likeness (QED) is 0.137. The number of imidazole rings is 1. The highest BCUT2D eigenvalue weighted by Crippen LogP contribution is 2.56. The van der Waals surface area contributed by atoms with Crippen LogP contribution in [0.4, 0.5) is 14.5 Å². The fourth-order valence-corrected chi connectivity index (χ4v) is 13.8. The molecule has 0 bridgehead atoms. The topological polar surface area (TPSA) is 180 Å². The van der Waals surface area contributed by atoms with Crippen molar-refractivity contribution in [2.45, 2.75) is 101 Å². The number of ether oxygens (including phenoxy) is 1. The molecule has 1 amide bonds. The summed E-state index contributed by atoms with van der Waals surface area (Å²) in [6.45, 7) is 13.2. The minimum atomic E-state index is -2.92. The van der Waals surface area contributed by atoms with Crippen LogP contribution < -0.4 is 16.8 Å². The molecule has 70 heavy (non-hydrogen) atoms. The van der Waals surface area contributed by atoms with Crippen LogP contribution >= 0.6 is 0 Å². The van der Waals surface area contributed by atoms with Crippen molar-refractivity contribution in [1.82, 2.24) is 38.5 Å². The molecule has 5 atom stereocenters. The molecule has 2 aliphatic heterocycles. The summed E-state index contributed by atoms with van der Waals surface area (Å²) in [5, 5.41) is 12.8. The van der Waals surface area contributed by atoms with Crippen LogP contribution in [0.3, 0.4) is 0 Å². The van der Waals surface area contributed by atoms with E-state index in [2.05, 4.69) is 52.7 Å². The number of rotatable bonds is 10. The van der Waals surface area contributed by atoms with Crippen molar-refractivity contribution >= 4 is 32.2 Å². The first-order chi connectivity index (χ1) is 33.4. The van der Waals surface area contributed by atoms with Gasteiger partial charge in [-0.2, -0.15) is 5.10 Å². The number of benzene rings is 3. The van der Waals surface area contributed by atoms with E-state index in [1.54, 1.807) is 48.7 Å². The molecule has 4 aliphatic rings. The summed E-state index contributed by atoms with van der Waals surface area (Å²) in [4.78, 5) is 47.8. The maximum absolute atomic E-state index is 16.8. The van der Waals surface area contributed by atoms with Crippen LogP contribution in [-0.2, 0) is 26.4 Å². The Hall–Kier alpha value is -6.60. The summed E-state index contributed by atoms with van der Waals surface area (Å²) in [5.41, 5.74) is 3.15. The number of aromatic nitrogens is 7. The monoisotopic (exact) mass is 974 g/mol. The summed E-state index contributed by atoms with van der Waals surface area (Å²) < 4.78 is 67.6. The number of hydrogen-bond donors (Lipinski definition) is 2. The predicted octanol–water partition coefficient (Wildman–Crippen LogP) is 8.07. The highest BCUT2D eigenvalue weighted by Gasteiger charge is 2.59. The first-order valence-corrected chi connectivity index (χ1v) is 25.4. The number of nitrogens with zero attached hydrogens (tertiary/aromatic N) is 8. The third-order valence-electron chi connectivity index (χ3n) is 15.2. The van der Waals surface area contributed by atoms with E-state index in [-0.39, 0.29) is 57.0 Å². The van der Waals surface area contributed by atoms with Gasteiger partial charge in [-0.25, -0.2) is 31.6 Å². The molecule has 0 unspecified atom stereocenters. The second-order valence-corrected chi connectivity index (χ2v) is 23.1. The first-order valence-electron chi connectivity index (χ1n) is 23.9. The molecule has 2 N–H and O–H groups in total. The maximum atomic E-state index is 16.8. The number of halogens is 2. The average Bonchev–Trinajstić information content (AvgIpc) is 4.07. The van der Waals surface area contributed by atoms with Crippen molar-refractivity contribution in [3.8, 4) is 17.2 Å². The predicted molar refractivity (Wildman–Crippen MR) is 260 cm³/mol. The van der Waals surface area contributed by atoms with E-state index in [0.717, 1.165) is 35.7 Å². The molecule has 6 heterocycles. The summed E-state index contributed by atoms with van der Waals surface area (Å²) in [7, 11) is 0.101. The Morgan fingerprint density at radius 3 is 2.36 bits per heavy atom.